The molecule has 2 heterocycles. The van der Waals surface area contributed by atoms with E-state index < -0.39 is 11.6 Å². The SMILES string of the molecule is CC(C)(C)OC(=O)N1CCC(CCc2cc3ccc(C(=O)O)cc3s2)CC1. The van der Waals surface area contributed by atoms with Crippen LogP contribution in [-0.4, -0.2) is 40.8 Å². The summed E-state index contributed by atoms with van der Waals surface area (Å²) < 4.78 is 6.48. The lowest BCUT2D eigenvalue weighted by atomic mass is 9.92. The van der Waals surface area contributed by atoms with Gasteiger partial charge in [-0.2, -0.15) is 0 Å². The largest absolute Gasteiger partial charge is 0.478 e. The summed E-state index contributed by atoms with van der Waals surface area (Å²) in [6, 6.07) is 7.47. The molecule has 0 unspecified atom stereocenters. The third-order valence-corrected chi connectivity index (χ3v) is 6.04. The zero-order chi connectivity index (χ0) is 19.6. The number of carbonyl (C=O) groups is 2. The van der Waals surface area contributed by atoms with Crippen LogP contribution < -0.4 is 0 Å². The Morgan fingerprint density at radius 2 is 1.93 bits per heavy atom. The van der Waals surface area contributed by atoms with E-state index in [0.29, 0.717) is 11.5 Å². The lowest BCUT2D eigenvalue weighted by Crippen LogP contribution is -2.41. The number of carboxylic acid groups (broad SMARTS) is 1. The second-order valence-corrected chi connectivity index (χ2v) is 9.39. The van der Waals surface area contributed by atoms with Gasteiger partial charge in [0.05, 0.1) is 5.56 Å². The van der Waals surface area contributed by atoms with E-state index in [9.17, 15) is 9.59 Å². The monoisotopic (exact) mass is 389 g/mol. The van der Waals surface area contributed by atoms with E-state index in [-0.39, 0.29) is 6.09 Å². The molecule has 0 bridgehead atoms. The Balaban J connectivity index is 1.51. The maximum Gasteiger partial charge on any atom is 0.410 e. The Hall–Kier alpha value is -2.08. The molecule has 1 aromatic carbocycles. The molecule has 0 atom stereocenters. The van der Waals surface area contributed by atoms with Crippen LogP contribution in [0.15, 0.2) is 24.3 Å². The highest BCUT2D eigenvalue weighted by Gasteiger charge is 2.26. The summed E-state index contributed by atoms with van der Waals surface area (Å²) in [5, 5.41) is 10.2. The topological polar surface area (TPSA) is 66.8 Å². The number of carbonyl (C=O) groups excluding carboxylic acids is 1. The van der Waals surface area contributed by atoms with Crippen molar-refractivity contribution in [2.75, 3.05) is 13.1 Å². The molecule has 0 spiro atoms. The fourth-order valence-electron chi connectivity index (χ4n) is 3.42. The van der Waals surface area contributed by atoms with E-state index in [2.05, 4.69) is 6.07 Å². The van der Waals surface area contributed by atoms with Crippen molar-refractivity contribution in [3.05, 3.63) is 34.7 Å². The number of thiophene rings is 1. The number of aromatic carboxylic acids is 1. The van der Waals surface area contributed by atoms with Gasteiger partial charge in [-0.1, -0.05) is 6.07 Å². The first-order chi connectivity index (χ1) is 12.7. The van der Waals surface area contributed by atoms with Gasteiger partial charge in [0, 0.05) is 22.7 Å². The second-order valence-electron chi connectivity index (χ2n) is 8.22. The van der Waals surface area contributed by atoms with Gasteiger partial charge < -0.3 is 14.7 Å². The predicted molar refractivity (Wildman–Crippen MR) is 108 cm³/mol. The predicted octanol–water partition coefficient (Wildman–Crippen LogP) is 5.18. The quantitative estimate of drug-likeness (QED) is 0.782. The van der Waals surface area contributed by atoms with Gasteiger partial charge in [0.15, 0.2) is 0 Å². The first-order valence-electron chi connectivity index (χ1n) is 9.45. The van der Waals surface area contributed by atoms with E-state index in [4.69, 9.17) is 9.84 Å². The standard InChI is InChI=1S/C21H27NO4S/c1-21(2,3)26-20(25)22-10-8-14(9-11-22)4-7-17-12-15-5-6-16(19(23)24)13-18(15)27-17/h5-6,12-14H,4,7-11H2,1-3H3,(H,23,24). The Morgan fingerprint density at radius 3 is 2.56 bits per heavy atom. The molecule has 5 nitrogen and oxygen atoms in total. The number of hydrogen-bond donors (Lipinski definition) is 1. The van der Waals surface area contributed by atoms with Gasteiger partial charge in [0.1, 0.15) is 5.60 Å². The number of piperidine rings is 1. The first-order valence-corrected chi connectivity index (χ1v) is 10.3. The highest BCUT2D eigenvalue weighted by atomic mass is 32.1. The van der Waals surface area contributed by atoms with Crippen molar-refractivity contribution in [1.29, 1.82) is 0 Å². The normalized spacial score (nSPS) is 15.9. The van der Waals surface area contributed by atoms with Gasteiger partial charge in [-0.15, -0.1) is 11.3 Å². The Labute approximate surface area is 163 Å². The van der Waals surface area contributed by atoms with Crippen LogP contribution in [0.1, 0.15) is 55.3 Å². The number of benzene rings is 1. The molecule has 0 radical (unpaired) electrons. The summed E-state index contributed by atoms with van der Waals surface area (Å²) >= 11 is 1.68. The highest BCUT2D eigenvalue weighted by Crippen LogP contribution is 2.30. The van der Waals surface area contributed by atoms with E-state index >= 15 is 0 Å². The van der Waals surface area contributed by atoms with Crippen LogP contribution in [0.25, 0.3) is 10.1 Å². The number of hydrogen-bond acceptors (Lipinski definition) is 4. The van der Waals surface area contributed by atoms with Crippen molar-refractivity contribution in [2.24, 2.45) is 5.92 Å². The molecule has 27 heavy (non-hydrogen) atoms. The lowest BCUT2D eigenvalue weighted by molar-refractivity contribution is 0.0181. The van der Waals surface area contributed by atoms with Crippen molar-refractivity contribution >= 4 is 33.5 Å². The molecule has 2 aromatic rings. The van der Waals surface area contributed by atoms with Crippen LogP contribution >= 0.6 is 11.3 Å². The molecular formula is C21H27NO4S. The summed E-state index contributed by atoms with van der Waals surface area (Å²) in [5.41, 5.74) is -0.110. The van der Waals surface area contributed by atoms with E-state index in [0.717, 1.165) is 48.9 Å². The summed E-state index contributed by atoms with van der Waals surface area (Å²) in [6.07, 6.45) is 3.90. The van der Waals surface area contributed by atoms with Crippen LogP contribution in [0.4, 0.5) is 4.79 Å². The van der Waals surface area contributed by atoms with E-state index in [1.54, 1.807) is 23.5 Å². The first kappa shape index (κ1) is 19.7. The van der Waals surface area contributed by atoms with Crippen LogP contribution in [0.3, 0.4) is 0 Å². The Morgan fingerprint density at radius 1 is 1.22 bits per heavy atom. The summed E-state index contributed by atoms with van der Waals surface area (Å²) in [6.45, 7) is 7.19. The van der Waals surface area contributed by atoms with Crippen molar-refractivity contribution < 1.29 is 19.4 Å². The van der Waals surface area contributed by atoms with Gasteiger partial charge in [0.25, 0.3) is 0 Å². The molecule has 6 heteroatoms. The van der Waals surface area contributed by atoms with Crippen molar-refractivity contribution in [3.8, 4) is 0 Å². The third-order valence-electron chi connectivity index (χ3n) is 4.88. The molecule has 1 aromatic heterocycles. The van der Waals surface area contributed by atoms with Gasteiger partial charge in [-0.25, -0.2) is 9.59 Å². The molecule has 146 valence electrons. The van der Waals surface area contributed by atoms with Gasteiger partial charge in [0.2, 0.25) is 0 Å². The fraction of sp³-hybridized carbons (Fsp3) is 0.524. The Kier molecular flexibility index (Phi) is 5.75. The molecule has 0 aliphatic carbocycles. The molecule has 1 amide bonds. The van der Waals surface area contributed by atoms with Crippen molar-refractivity contribution in [1.82, 2.24) is 4.90 Å². The number of nitrogens with zero attached hydrogens (tertiary/aromatic N) is 1. The minimum Gasteiger partial charge on any atom is -0.478 e. The van der Waals surface area contributed by atoms with Crippen LogP contribution in [0, 0.1) is 5.92 Å². The zero-order valence-electron chi connectivity index (χ0n) is 16.2. The lowest BCUT2D eigenvalue weighted by Gasteiger charge is -2.33. The van der Waals surface area contributed by atoms with E-state index in [1.165, 1.54) is 4.88 Å². The number of likely N-dealkylation sites (tertiary alicyclic amines) is 1. The molecule has 1 aliphatic heterocycles. The third kappa shape index (κ3) is 5.22. The number of rotatable bonds is 4. The van der Waals surface area contributed by atoms with Crippen LogP contribution in [-0.2, 0) is 11.2 Å². The summed E-state index contributed by atoms with van der Waals surface area (Å²) in [7, 11) is 0. The molecule has 3 rings (SSSR count). The van der Waals surface area contributed by atoms with Crippen LogP contribution in [0.2, 0.25) is 0 Å². The summed E-state index contributed by atoms with van der Waals surface area (Å²) in [5.74, 6) is -0.271. The van der Waals surface area contributed by atoms with Gasteiger partial charge in [-0.3, -0.25) is 0 Å². The number of ether oxygens (including phenoxy) is 1. The molecule has 0 saturated carbocycles. The van der Waals surface area contributed by atoms with Crippen LogP contribution in [0.5, 0.6) is 0 Å². The van der Waals surface area contributed by atoms with Gasteiger partial charge in [-0.05, 0) is 76.0 Å². The summed E-state index contributed by atoms with van der Waals surface area (Å²) in [4.78, 5) is 26.3. The second kappa shape index (κ2) is 7.89. The number of fused-ring (bicyclic) bond motifs is 1. The minimum absolute atomic E-state index is 0.209. The number of amides is 1. The molecule has 1 fully saturated rings. The average molecular weight is 390 g/mol. The van der Waals surface area contributed by atoms with Gasteiger partial charge >= 0.3 is 12.1 Å². The molecule has 1 saturated heterocycles. The highest BCUT2D eigenvalue weighted by molar-refractivity contribution is 7.19. The number of aryl methyl sites for hydroxylation is 1. The maximum atomic E-state index is 12.1. The van der Waals surface area contributed by atoms with Crippen molar-refractivity contribution in [3.63, 3.8) is 0 Å². The molecule has 1 N–H and O–H groups in total. The maximum absolute atomic E-state index is 12.1. The number of carboxylic acids is 1. The Bertz CT molecular complexity index is 828. The van der Waals surface area contributed by atoms with E-state index in [1.807, 2.05) is 31.7 Å². The fourth-order valence-corrected chi connectivity index (χ4v) is 4.54. The minimum atomic E-state index is -0.886. The van der Waals surface area contributed by atoms with Crippen molar-refractivity contribution in [2.45, 2.75) is 52.1 Å². The molecule has 1 aliphatic rings. The molecular weight excluding hydrogens is 362 g/mol. The average Bonchev–Trinajstić information content (AvgIpc) is 3.01. The zero-order valence-corrected chi connectivity index (χ0v) is 17.0. The smallest absolute Gasteiger partial charge is 0.410 e.